The number of carbonyl (C=O) groups excluding carboxylic acids is 2. The Bertz CT molecular complexity index is 1300. The third kappa shape index (κ3) is 5.04. The molecule has 2 amide bonds. The number of benzene rings is 2. The Morgan fingerprint density at radius 2 is 1.88 bits per heavy atom. The van der Waals surface area contributed by atoms with Crippen LogP contribution in [-0.4, -0.2) is 37.7 Å². The van der Waals surface area contributed by atoms with Crippen molar-refractivity contribution in [2.24, 2.45) is 0 Å². The van der Waals surface area contributed by atoms with Crippen molar-refractivity contribution < 1.29 is 22.5 Å². The molecule has 11 heteroatoms. The summed E-state index contributed by atoms with van der Waals surface area (Å²) in [7, 11) is -3.87. The van der Waals surface area contributed by atoms with Gasteiger partial charge < -0.3 is 14.7 Å². The van der Waals surface area contributed by atoms with E-state index in [4.69, 9.17) is 4.52 Å². The van der Waals surface area contributed by atoms with Crippen LogP contribution in [0.5, 0.6) is 0 Å². The number of nitrogens with zero attached hydrogens (tertiary/aromatic N) is 2. The fraction of sp³-hybridized carbons (Fsp3) is 0.227. The molecule has 4 rings (SSSR count). The molecule has 0 radical (unpaired) electrons. The number of thioether (sulfide) groups is 1. The monoisotopic (exact) mass is 486 g/mol. The van der Waals surface area contributed by atoms with Gasteiger partial charge in [-0.05, 0) is 50.2 Å². The van der Waals surface area contributed by atoms with Crippen LogP contribution in [0, 0.1) is 13.8 Å². The van der Waals surface area contributed by atoms with Crippen LogP contribution in [0.2, 0.25) is 0 Å². The molecule has 0 atom stereocenters. The molecular formula is C22H22N4O5S2. The lowest BCUT2D eigenvalue weighted by Crippen LogP contribution is -2.37. The molecule has 0 fully saturated rings. The summed E-state index contributed by atoms with van der Waals surface area (Å²) >= 11 is 1.49. The average Bonchev–Trinajstić information content (AvgIpc) is 3.10. The third-order valence-electron chi connectivity index (χ3n) is 5.20. The van der Waals surface area contributed by atoms with E-state index in [1.807, 2.05) is 24.3 Å². The van der Waals surface area contributed by atoms with Crippen LogP contribution in [0.25, 0.3) is 0 Å². The number of hydrogen-bond donors (Lipinski definition) is 2. The number of nitrogens with one attached hydrogen (secondary N) is 2. The summed E-state index contributed by atoms with van der Waals surface area (Å²) in [6, 6.07) is 13.4. The smallest absolute Gasteiger partial charge is 0.264 e. The summed E-state index contributed by atoms with van der Waals surface area (Å²) < 4.78 is 32.5. The van der Waals surface area contributed by atoms with Gasteiger partial charge in [0, 0.05) is 29.1 Å². The number of para-hydroxylation sites is 1. The van der Waals surface area contributed by atoms with Gasteiger partial charge in [0.25, 0.3) is 10.0 Å². The number of fused-ring (bicyclic) bond motifs is 1. The molecule has 0 saturated carbocycles. The Hall–Kier alpha value is -3.31. The minimum atomic E-state index is -3.87. The van der Waals surface area contributed by atoms with Gasteiger partial charge in [0.15, 0.2) is 0 Å². The van der Waals surface area contributed by atoms with Crippen LogP contribution in [0.1, 0.15) is 17.7 Å². The van der Waals surface area contributed by atoms with E-state index in [1.165, 1.54) is 36.0 Å². The van der Waals surface area contributed by atoms with E-state index in [0.29, 0.717) is 22.7 Å². The van der Waals surface area contributed by atoms with Crippen molar-refractivity contribution in [3.63, 3.8) is 0 Å². The molecule has 1 aromatic heterocycles. The molecule has 0 aliphatic carbocycles. The zero-order chi connectivity index (χ0) is 23.6. The standard InChI is InChI=1S/C22H22N4O5S2/c1-14-15(2)24-31-22(14)25-33(29,30)17-9-7-16(8-10-17)23-20(27)11-12-26-18-5-3-4-6-19(18)32-13-21(26)28/h3-10,25H,11-13H2,1-2H3,(H,23,27). The number of rotatable bonds is 7. The Morgan fingerprint density at radius 1 is 1.15 bits per heavy atom. The van der Waals surface area contributed by atoms with Crippen molar-refractivity contribution in [1.82, 2.24) is 5.16 Å². The fourth-order valence-electron chi connectivity index (χ4n) is 3.24. The molecule has 0 unspecified atom stereocenters. The second-order valence-electron chi connectivity index (χ2n) is 7.45. The van der Waals surface area contributed by atoms with E-state index >= 15 is 0 Å². The molecule has 0 saturated heterocycles. The number of anilines is 3. The number of sulfonamides is 1. The molecule has 0 bridgehead atoms. The van der Waals surface area contributed by atoms with Crippen molar-refractivity contribution in [3.05, 3.63) is 59.8 Å². The molecule has 1 aliphatic heterocycles. The van der Waals surface area contributed by atoms with E-state index in [0.717, 1.165) is 10.6 Å². The molecule has 172 valence electrons. The molecule has 3 aromatic rings. The van der Waals surface area contributed by atoms with Crippen LogP contribution < -0.4 is 14.9 Å². The molecule has 1 aliphatic rings. The van der Waals surface area contributed by atoms with E-state index in [-0.39, 0.29) is 35.6 Å². The van der Waals surface area contributed by atoms with Crippen molar-refractivity contribution in [2.75, 3.05) is 27.2 Å². The number of carbonyl (C=O) groups is 2. The van der Waals surface area contributed by atoms with Gasteiger partial charge in [-0.15, -0.1) is 11.8 Å². The molecular weight excluding hydrogens is 464 g/mol. The number of aryl methyl sites for hydroxylation is 1. The Labute approximate surface area is 195 Å². The first-order chi connectivity index (χ1) is 15.7. The minimum Gasteiger partial charge on any atom is -0.337 e. The molecule has 2 N–H and O–H groups in total. The number of aromatic nitrogens is 1. The quantitative estimate of drug-likeness (QED) is 0.524. The van der Waals surface area contributed by atoms with Crippen LogP contribution in [0.4, 0.5) is 17.3 Å². The van der Waals surface area contributed by atoms with E-state index in [9.17, 15) is 18.0 Å². The SMILES string of the molecule is Cc1noc(NS(=O)(=O)c2ccc(NC(=O)CCN3C(=O)CSc4ccccc43)cc2)c1C. The van der Waals surface area contributed by atoms with Gasteiger partial charge in [-0.25, -0.2) is 13.1 Å². The zero-order valence-electron chi connectivity index (χ0n) is 18.0. The molecule has 0 spiro atoms. The lowest BCUT2D eigenvalue weighted by molar-refractivity contribution is -0.117. The van der Waals surface area contributed by atoms with Gasteiger partial charge in [0.2, 0.25) is 17.7 Å². The second-order valence-corrected chi connectivity index (χ2v) is 10.2. The highest BCUT2D eigenvalue weighted by molar-refractivity contribution is 8.00. The summed E-state index contributed by atoms with van der Waals surface area (Å²) in [5.41, 5.74) is 2.47. The molecule has 33 heavy (non-hydrogen) atoms. The molecule has 2 aromatic carbocycles. The fourth-order valence-corrected chi connectivity index (χ4v) is 5.23. The number of amides is 2. The Kier molecular flexibility index (Phi) is 6.43. The van der Waals surface area contributed by atoms with E-state index < -0.39 is 10.0 Å². The maximum absolute atomic E-state index is 12.6. The normalized spacial score (nSPS) is 13.5. The summed E-state index contributed by atoms with van der Waals surface area (Å²) in [4.78, 5) is 27.4. The first-order valence-electron chi connectivity index (χ1n) is 10.1. The van der Waals surface area contributed by atoms with Crippen LogP contribution >= 0.6 is 11.8 Å². The predicted octanol–water partition coefficient (Wildman–Crippen LogP) is 3.56. The maximum Gasteiger partial charge on any atom is 0.264 e. The van der Waals surface area contributed by atoms with Crippen LogP contribution in [-0.2, 0) is 19.6 Å². The summed E-state index contributed by atoms with van der Waals surface area (Å²) in [5.74, 6) is 0.0957. The van der Waals surface area contributed by atoms with Crippen molar-refractivity contribution in [1.29, 1.82) is 0 Å². The van der Waals surface area contributed by atoms with Crippen LogP contribution in [0.15, 0.2) is 62.8 Å². The zero-order valence-corrected chi connectivity index (χ0v) is 19.6. The van der Waals surface area contributed by atoms with Gasteiger partial charge in [0.1, 0.15) is 0 Å². The highest BCUT2D eigenvalue weighted by Crippen LogP contribution is 2.34. The Balaban J connectivity index is 1.37. The maximum atomic E-state index is 12.6. The predicted molar refractivity (Wildman–Crippen MR) is 126 cm³/mol. The van der Waals surface area contributed by atoms with Gasteiger partial charge >= 0.3 is 0 Å². The van der Waals surface area contributed by atoms with Crippen molar-refractivity contribution in [2.45, 2.75) is 30.1 Å². The van der Waals surface area contributed by atoms with E-state index in [2.05, 4.69) is 15.2 Å². The Morgan fingerprint density at radius 3 is 2.58 bits per heavy atom. The first-order valence-corrected chi connectivity index (χ1v) is 12.6. The first kappa shape index (κ1) is 22.9. The van der Waals surface area contributed by atoms with Crippen molar-refractivity contribution >= 4 is 50.9 Å². The topological polar surface area (TPSA) is 122 Å². The van der Waals surface area contributed by atoms with Crippen LogP contribution in [0.3, 0.4) is 0 Å². The minimum absolute atomic E-state index is 0.0157. The van der Waals surface area contributed by atoms with Crippen molar-refractivity contribution in [3.8, 4) is 0 Å². The van der Waals surface area contributed by atoms with Gasteiger partial charge in [-0.3, -0.25) is 9.59 Å². The highest BCUT2D eigenvalue weighted by Gasteiger charge is 2.25. The van der Waals surface area contributed by atoms with Gasteiger partial charge in [-0.2, -0.15) is 0 Å². The van der Waals surface area contributed by atoms with Gasteiger partial charge in [0.05, 0.1) is 22.0 Å². The average molecular weight is 487 g/mol. The van der Waals surface area contributed by atoms with E-state index in [1.54, 1.807) is 18.7 Å². The highest BCUT2D eigenvalue weighted by atomic mass is 32.2. The summed E-state index contributed by atoms with van der Waals surface area (Å²) in [6.07, 6.45) is 0.108. The summed E-state index contributed by atoms with van der Waals surface area (Å²) in [6.45, 7) is 3.68. The number of hydrogen-bond acceptors (Lipinski definition) is 7. The summed E-state index contributed by atoms with van der Waals surface area (Å²) in [5, 5.41) is 6.47. The van der Waals surface area contributed by atoms with Gasteiger partial charge in [-0.1, -0.05) is 17.3 Å². The largest absolute Gasteiger partial charge is 0.337 e. The lowest BCUT2D eigenvalue weighted by atomic mass is 10.2. The molecule has 2 heterocycles. The second kappa shape index (κ2) is 9.28. The third-order valence-corrected chi connectivity index (χ3v) is 7.60. The molecule has 9 nitrogen and oxygen atoms in total. The lowest BCUT2D eigenvalue weighted by Gasteiger charge is -2.28.